The summed E-state index contributed by atoms with van der Waals surface area (Å²) in [5.74, 6) is -1.75. The standard InChI is InChI=1S/C26H37FN6O6/c1-26(23(36)30(2)24(37)32(26)10-15-12-39-13-15)9-14-3-6-17(7-4-14)33-22(35)19(20(28)29)21(34)31(25(33)38)11-16-5-8-18(16)27/h14-18,34H,3-13H2,1-2H3,(H3,28,29)/t14?,16-,17?,18+,26+/m1/s1. The monoisotopic (exact) mass is 548 g/mol. The minimum atomic E-state index is -1.09. The number of alkyl halides is 1. The first-order chi connectivity index (χ1) is 18.4. The number of rotatable bonds is 8. The third-order valence-corrected chi connectivity index (χ3v) is 9.25. The molecule has 3 atom stereocenters. The summed E-state index contributed by atoms with van der Waals surface area (Å²) < 4.78 is 21.3. The number of nitrogens with one attached hydrogen (secondary N) is 1. The van der Waals surface area contributed by atoms with E-state index in [2.05, 4.69) is 0 Å². The first-order valence-corrected chi connectivity index (χ1v) is 13.7. The highest BCUT2D eigenvalue weighted by Gasteiger charge is 2.54. The number of halogens is 1. The first-order valence-electron chi connectivity index (χ1n) is 13.7. The average molecular weight is 549 g/mol. The van der Waals surface area contributed by atoms with Gasteiger partial charge in [-0.05, 0) is 57.8 Å². The number of likely N-dealkylation sites (N-methyl/N-ethyl adjacent to an activating group) is 1. The number of nitrogens with two attached hydrogens (primary N) is 1. The van der Waals surface area contributed by atoms with E-state index in [0.29, 0.717) is 64.7 Å². The fourth-order valence-electron chi connectivity index (χ4n) is 6.60. The Balaban J connectivity index is 1.35. The van der Waals surface area contributed by atoms with Crippen molar-refractivity contribution in [1.29, 1.82) is 5.41 Å². The van der Waals surface area contributed by atoms with E-state index in [-0.39, 0.29) is 30.3 Å². The van der Waals surface area contributed by atoms with E-state index >= 15 is 0 Å². The molecule has 12 nitrogen and oxygen atoms in total. The number of aromatic hydroxyl groups is 1. The maximum Gasteiger partial charge on any atom is 0.334 e. The van der Waals surface area contributed by atoms with Crippen molar-refractivity contribution in [3.8, 4) is 5.88 Å². The molecule has 3 amide bonds. The third-order valence-electron chi connectivity index (χ3n) is 9.25. The molecule has 2 aliphatic carbocycles. The van der Waals surface area contributed by atoms with Gasteiger partial charge in [0.2, 0.25) is 5.88 Å². The molecular formula is C26H37FN6O6. The van der Waals surface area contributed by atoms with E-state index in [1.54, 1.807) is 4.90 Å². The van der Waals surface area contributed by atoms with Crippen LogP contribution in [-0.2, 0) is 16.1 Å². The second-order valence-corrected chi connectivity index (χ2v) is 11.8. The smallest absolute Gasteiger partial charge is 0.334 e. The fourth-order valence-corrected chi connectivity index (χ4v) is 6.60. The highest BCUT2D eigenvalue weighted by molar-refractivity contribution is 6.06. The van der Waals surface area contributed by atoms with Crippen molar-refractivity contribution >= 4 is 17.8 Å². The van der Waals surface area contributed by atoms with Gasteiger partial charge < -0.3 is 20.5 Å². The lowest BCUT2D eigenvalue weighted by Crippen LogP contribution is -2.52. The van der Waals surface area contributed by atoms with E-state index in [4.69, 9.17) is 15.9 Å². The number of aromatic nitrogens is 2. The van der Waals surface area contributed by atoms with Crippen LogP contribution in [0.1, 0.15) is 63.5 Å². The zero-order chi connectivity index (χ0) is 28.2. The van der Waals surface area contributed by atoms with Crippen LogP contribution >= 0.6 is 0 Å². The van der Waals surface area contributed by atoms with Gasteiger partial charge in [-0.2, -0.15) is 0 Å². The molecule has 214 valence electrons. The largest absolute Gasteiger partial charge is 0.494 e. The molecule has 4 N–H and O–H groups in total. The maximum absolute atomic E-state index is 14.0. The summed E-state index contributed by atoms with van der Waals surface area (Å²) in [6.07, 6.45) is 2.48. The normalized spacial score (nSPS) is 31.4. The first kappa shape index (κ1) is 27.4. The number of ether oxygens (including phenoxy) is 1. The molecule has 13 heteroatoms. The Kier molecular flexibility index (Phi) is 7.06. The van der Waals surface area contributed by atoms with Gasteiger partial charge in [0.1, 0.15) is 23.1 Å². The number of imide groups is 1. The Labute approximate surface area is 225 Å². The molecule has 0 radical (unpaired) electrons. The predicted molar refractivity (Wildman–Crippen MR) is 138 cm³/mol. The lowest BCUT2D eigenvalue weighted by atomic mass is 9.77. The summed E-state index contributed by atoms with van der Waals surface area (Å²) in [5, 5.41) is 18.5. The molecule has 0 spiro atoms. The Morgan fingerprint density at radius 1 is 1.08 bits per heavy atom. The molecule has 4 fully saturated rings. The predicted octanol–water partition coefficient (Wildman–Crippen LogP) is 1.17. The lowest BCUT2D eigenvalue weighted by molar-refractivity contribution is -0.133. The van der Waals surface area contributed by atoms with Crippen LogP contribution in [0.3, 0.4) is 0 Å². The summed E-state index contributed by atoms with van der Waals surface area (Å²) in [4.78, 5) is 55.5. The van der Waals surface area contributed by atoms with Gasteiger partial charge >= 0.3 is 11.7 Å². The van der Waals surface area contributed by atoms with Gasteiger partial charge in [0.15, 0.2) is 0 Å². The number of carbonyl (C=O) groups is 2. The molecule has 3 heterocycles. The number of hydrogen-bond donors (Lipinski definition) is 3. The summed E-state index contributed by atoms with van der Waals surface area (Å²) in [6.45, 7) is 3.31. The van der Waals surface area contributed by atoms with Crippen LogP contribution in [0.5, 0.6) is 5.88 Å². The van der Waals surface area contributed by atoms with Crippen LogP contribution < -0.4 is 17.0 Å². The van der Waals surface area contributed by atoms with Crippen molar-refractivity contribution in [2.75, 3.05) is 26.8 Å². The van der Waals surface area contributed by atoms with Gasteiger partial charge in [-0.15, -0.1) is 0 Å². The summed E-state index contributed by atoms with van der Waals surface area (Å²) in [6, 6.07) is -0.800. The Morgan fingerprint density at radius 3 is 2.26 bits per heavy atom. The van der Waals surface area contributed by atoms with E-state index in [1.807, 2.05) is 6.92 Å². The minimum absolute atomic E-state index is 0.0826. The quantitative estimate of drug-likeness (QED) is 0.249. The lowest BCUT2D eigenvalue weighted by Gasteiger charge is -2.40. The molecule has 1 aromatic rings. The summed E-state index contributed by atoms with van der Waals surface area (Å²) in [7, 11) is 1.50. The maximum atomic E-state index is 14.0. The summed E-state index contributed by atoms with van der Waals surface area (Å²) in [5.41, 5.74) is 2.62. The Morgan fingerprint density at radius 2 is 1.74 bits per heavy atom. The second kappa shape index (κ2) is 10.1. The molecule has 0 unspecified atom stereocenters. The molecule has 39 heavy (non-hydrogen) atoms. The minimum Gasteiger partial charge on any atom is -0.494 e. The van der Waals surface area contributed by atoms with Gasteiger partial charge in [0.05, 0.1) is 13.2 Å². The van der Waals surface area contributed by atoms with Crippen molar-refractivity contribution in [2.45, 2.75) is 76.2 Å². The zero-order valence-electron chi connectivity index (χ0n) is 22.4. The van der Waals surface area contributed by atoms with Crippen molar-refractivity contribution in [3.63, 3.8) is 0 Å². The van der Waals surface area contributed by atoms with E-state index in [1.165, 1.54) is 11.9 Å². The Bertz CT molecular complexity index is 1300. The van der Waals surface area contributed by atoms with E-state index in [0.717, 1.165) is 9.13 Å². The molecule has 2 saturated carbocycles. The fraction of sp³-hybridized carbons (Fsp3) is 0.731. The van der Waals surface area contributed by atoms with Crippen molar-refractivity contribution in [2.24, 2.45) is 23.5 Å². The number of amides is 3. The highest BCUT2D eigenvalue weighted by Crippen LogP contribution is 2.41. The van der Waals surface area contributed by atoms with Gasteiger partial charge in [0.25, 0.3) is 11.5 Å². The molecule has 4 aliphatic rings. The Hall–Kier alpha value is -3.22. The summed E-state index contributed by atoms with van der Waals surface area (Å²) >= 11 is 0. The van der Waals surface area contributed by atoms with Crippen LogP contribution in [0.15, 0.2) is 9.59 Å². The number of urea groups is 1. The number of hydrogen-bond acceptors (Lipinski definition) is 7. The molecule has 1 aromatic heterocycles. The molecule has 0 bridgehead atoms. The van der Waals surface area contributed by atoms with Crippen LogP contribution in [0.4, 0.5) is 9.18 Å². The van der Waals surface area contributed by atoms with Gasteiger partial charge in [-0.3, -0.25) is 29.0 Å². The number of amidine groups is 1. The van der Waals surface area contributed by atoms with Crippen LogP contribution in [0.2, 0.25) is 0 Å². The highest BCUT2D eigenvalue weighted by atomic mass is 19.1. The topological polar surface area (TPSA) is 164 Å². The third kappa shape index (κ3) is 4.53. The van der Waals surface area contributed by atoms with Crippen molar-refractivity contribution in [3.05, 3.63) is 26.4 Å². The SMILES string of the molecule is CN1C(=O)N(CC2COC2)[C@@](C)(CC2CCC(n3c(=O)c(C(=N)N)c(O)n(C[C@H]4CC[C@@H]4F)c3=O)CC2)C1=O. The molecule has 5 rings (SSSR count). The molecule has 2 saturated heterocycles. The van der Waals surface area contributed by atoms with E-state index < -0.39 is 52.2 Å². The van der Waals surface area contributed by atoms with Crippen molar-refractivity contribution < 1.29 is 23.8 Å². The molecular weight excluding hydrogens is 511 g/mol. The van der Waals surface area contributed by atoms with Gasteiger partial charge in [0, 0.05) is 38.0 Å². The van der Waals surface area contributed by atoms with Crippen LogP contribution in [-0.4, -0.2) is 80.3 Å². The number of carbonyl (C=O) groups excluding carboxylic acids is 2. The molecule has 2 aliphatic heterocycles. The van der Waals surface area contributed by atoms with Gasteiger partial charge in [-0.1, -0.05) is 0 Å². The van der Waals surface area contributed by atoms with Crippen LogP contribution in [0.25, 0.3) is 0 Å². The zero-order valence-corrected chi connectivity index (χ0v) is 22.4. The van der Waals surface area contributed by atoms with Gasteiger partial charge in [-0.25, -0.2) is 14.0 Å². The average Bonchev–Trinajstić information content (AvgIpc) is 3.00. The number of nitrogen functional groups attached to an aromatic ring is 1. The molecule has 0 aromatic carbocycles. The van der Waals surface area contributed by atoms with Crippen LogP contribution in [0, 0.1) is 23.2 Å². The second-order valence-electron chi connectivity index (χ2n) is 11.8. The van der Waals surface area contributed by atoms with Crippen molar-refractivity contribution in [1.82, 2.24) is 18.9 Å². The van der Waals surface area contributed by atoms with E-state index in [9.17, 15) is 28.7 Å². The number of nitrogens with zero attached hydrogens (tertiary/aromatic N) is 4.